The van der Waals surface area contributed by atoms with Gasteiger partial charge in [0.2, 0.25) is 0 Å². The molecule has 0 aliphatic heterocycles. The smallest absolute Gasteiger partial charge is 0.164 e. The van der Waals surface area contributed by atoms with Gasteiger partial charge in [0.15, 0.2) is 5.82 Å². The van der Waals surface area contributed by atoms with Gasteiger partial charge in [-0.3, -0.25) is 4.98 Å². The SMILES string of the molecule is C[C@@H](N)c1nccc(Cl)c1F. The number of hydrogen-bond acceptors (Lipinski definition) is 2. The second-order valence-corrected chi connectivity index (χ2v) is 2.69. The van der Waals surface area contributed by atoms with E-state index in [0.29, 0.717) is 0 Å². The summed E-state index contributed by atoms with van der Waals surface area (Å²) in [6.45, 7) is 1.65. The Morgan fingerprint density at radius 3 is 2.82 bits per heavy atom. The molecule has 0 saturated carbocycles. The van der Waals surface area contributed by atoms with Gasteiger partial charge in [0, 0.05) is 12.2 Å². The lowest BCUT2D eigenvalue weighted by Gasteiger charge is -2.05. The minimum absolute atomic E-state index is 0.0623. The fourth-order valence-electron chi connectivity index (χ4n) is 0.753. The largest absolute Gasteiger partial charge is 0.323 e. The molecule has 0 spiro atoms. The molecular weight excluding hydrogens is 167 g/mol. The van der Waals surface area contributed by atoms with Gasteiger partial charge in [-0.15, -0.1) is 0 Å². The predicted octanol–water partition coefficient (Wildman–Crippen LogP) is 1.89. The first kappa shape index (κ1) is 8.43. The molecule has 0 aliphatic rings. The van der Waals surface area contributed by atoms with Crippen LogP contribution in [0.2, 0.25) is 5.02 Å². The summed E-state index contributed by atoms with van der Waals surface area (Å²) in [4.78, 5) is 3.75. The van der Waals surface area contributed by atoms with E-state index >= 15 is 0 Å². The van der Waals surface area contributed by atoms with E-state index in [-0.39, 0.29) is 10.7 Å². The number of hydrogen-bond donors (Lipinski definition) is 1. The van der Waals surface area contributed by atoms with Crippen molar-refractivity contribution in [3.63, 3.8) is 0 Å². The normalized spacial score (nSPS) is 13.1. The second kappa shape index (κ2) is 3.15. The summed E-state index contributed by atoms with van der Waals surface area (Å²) in [5.74, 6) is -0.524. The van der Waals surface area contributed by atoms with Gasteiger partial charge in [-0.2, -0.15) is 0 Å². The van der Waals surface area contributed by atoms with Crippen molar-refractivity contribution in [2.24, 2.45) is 5.73 Å². The monoisotopic (exact) mass is 174 g/mol. The van der Waals surface area contributed by atoms with Crippen LogP contribution in [0.4, 0.5) is 4.39 Å². The van der Waals surface area contributed by atoms with E-state index in [1.54, 1.807) is 6.92 Å². The highest BCUT2D eigenvalue weighted by molar-refractivity contribution is 6.30. The maximum absolute atomic E-state index is 13.0. The third-order valence-corrected chi connectivity index (χ3v) is 1.59. The van der Waals surface area contributed by atoms with Gasteiger partial charge < -0.3 is 5.73 Å². The van der Waals surface area contributed by atoms with Gasteiger partial charge in [-0.1, -0.05) is 11.6 Å². The first-order chi connectivity index (χ1) is 5.13. The third-order valence-electron chi connectivity index (χ3n) is 1.30. The maximum atomic E-state index is 13.0. The minimum atomic E-state index is -0.524. The average molecular weight is 175 g/mol. The minimum Gasteiger partial charge on any atom is -0.323 e. The van der Waals surface area contributed by atoms with Crippen molar-refractivity contribution in [2.75, 3.05) is 0 Å². The predicted molar refractivity (Wildman–Crippen MR) is 41.8 cm³/mol. The number of halogens is 2. The van der Waals surface area contributed by atoms with Crippen molar-refractivity contribution in [3.8, 4) is 0 Å². The molecule has 11 heavy (non-hydrogen) atoms. The highest BCUT2D eigenvalue weighted by Gasteiger charge is 2.10. The molecule has 1 aromatic heterocycles. The highest BCUT2D eigenvalue weighted by atomic mass is 35.5. The standard InChI is InChI=1S/C7H8ClFN2/c1-4(10)7-6(9)5(8)2-3-11-7/h2-4H,10H2,1H3/t4-/m1/s1. The van der Waals surface area contributed by atoms with Gasteiger partial charge in [0.05, 0.1) is 10.7 Å². The van der Waals surface area contributed by atoms with Crippen LogP contribution >= 0.6 is 11.6 Å². The lowest BCUT2D eigenvalue weighted by molar-refractivity contribution is 0.579. The molecule has 60 valence electrons. The highest BCUT2D eigenvalue weighted by Crippen LogP contribution is 2.18. The van der Waals surface area contributed by atoms with Crippen molar-refractivity contribution >= 4 is 11.6 Å². The number of nitrogens with two attached hydrogens (primary N) is 1. The third kappa shape index (κ3) is 1.67. The van der Waals surface area contributed by atoms with Crippen LogP contribution in [-0.2, 0) is 0 Å². The second-order valence-electron chi connectivity index (χ2n) is 2.28. The van der Waals surface area contributed by atoms with Crippen LogP contribution in [0.1, 0.15) is 18.7 Å². The molecule has 1 atom stereocenters. The zero-order valence-electron chi connectivity index (χ0n) is 6.01. The van der Waals surface area contributed by atoms with Crippen LogP contribution in [0, 0.1) is 5.82 Å². The summed E-state index contributed by atoms with van der Waals surface area (Å²) in [5.41, 5.74) is 5.63. The zero-order chi connectivity index (χ0) is 8.43. The van der Waals surface area contributed by atoms with E-state index in [4.69, 9.17) is 17.3 Å². The van der Waals surface area contributed by atoms with Crippen molar-refractivity contribution in [2.45, 2.75) is 13.0 Å². The molecule has 0 bridgehead atoms. The van der Waals surface area contributed by atoms with Gasteiger partial charge in [-0.25, -0.2) is 4.39 Å². The Kier molecular flexibility index (Phi) is 2.42. The first-order valence-electron chi connectivity index (χ1n) is 3.18. The molecule has 0 radical (unpaired) electrons. The molecule has 0 saturated heterocycles. The molecule has 1 aromatic rings. The summed E-state index contributed by atoms with van der Waals surface area (Å²) < 4.78 is 13.0. The Bertz CT molecular complexity index is 263. The summed E-state index contributed by atoms with van der Waals surface area (Å²) in [6.07, 6.45) is 1.43. The summed E-state index contributed by atoms with van der Waals surface area (Å²) in [5, 5.41) is 0.0623. The molecule has 1 heterocycles. The van der Waals surface area contributed by atoms with Crippen LogP contribution in [0.25, 0.3) is 0 Å². The average Bonchev–Trinajstić information content (AvgIpc) is 1.94. The topological polar surface area (TPSA) is 38.9 Å². The summed E-state index contributed by atoms with van der Waals surface area (Å²) >= 11 is 5.49. The number of rotatable bonds is 1. The fraction of sp³-hybridized carbons (Fsp3) is 0.286. The molecule has 4 heteroatoms. The van der Waals surface area contributed by atoms with E-state index in [9.17, 15) is 4.39 Å². The van der Waals surface area contributed by atoms with E-state index < -0.39 is 11.9 Å². The molecule has 0 aromatic carbocycles. The Morgan fingerprint density at radius 2 is 2.36 bits per heavy atom. The molecule has 2 nitrogen and oxygen atoms in total. The van der Waals surface area contributed by atoms with Crippen molar-refractivity contribution < 1.29 is 4.39 Å². The van der Waals surface area contributed by atoms with Crippen LogP contribution in [0.3, 0.4) is 0 Å². The summed E-state index contributed by atoms with van der Waals surface area (Å²) in [7, 11) is 0. The van der Waals surface area contributed by atoms with E-state index in [0.717, 1.165) is 0 Å². The lowest BCUT2D eigenvalue weighted by Crippen LogP contribution is -2.09. The number of nitrogens with zero attached hydrogens (tertiary/aromatic N) is 1. The zero-order valence-corrected chi connectivity index (χ0v) is 6.77. The van der Waals surface area contributed by atoms with Crippen LogP contribution in [-0.4, -0.2) is 4.98 Å². The van der Waals surface area contributed by atoms with Gasteiger partial charge in [0.1, 0.15) is 0 Å². The molecule has 0 aliphatic carbocycles. The van der Waals surface area contributed by atoms with Crippen molar-refractivity contribution in [1.29, 1.82) is 0 Å². The van der Waals surface area contributed by atoms with E-state index in [2.05, 4.69) is 4.98 Å². The molecule has 0 fully saturated rings. The molecule has 0 unspecified atom stereocenters. The molecular formula is C7H8ClFN2. The molecule has 0 amide bonds. The van der Waals surface area contributed by atoms with Gasteiger partial charge in [0.25, 0.3) is 0 Å². The van der Waals surface area contributed by atoms with E-state index in [1.807, 2.05) is 0 Å². The Balaban J connectivity index is 3.17. The van der Waals surface area contributed by atoms with Crippen molar-refractivity contribution in [3.05, 3.63) is 28.8 Å². The van der Waals surface area contributed by atoms with Crippen LogP contribution in [0.5, 0.6) is 0 Å². The molecule has 1 rings (SSSR count). The van der Waals surface area contributed by atoms with Gasteiger partial charge >= 0.3 is 0 Å². The Hall–Kier alpha value is -0.670. The first-order valence-corrected chi connectivity index (χ1v) is 3.56. The Morgan fingerprint density at radius 1 is 1.73 bits per heavy atom. The van der Waals surface area contributed by atoms with Crippen LogP contribution < -0.4 is 5.73 Å². The lowest BCUT2D eigenvalue weighted by atomic mass is 10.2. The Labute approximate surface area is 69.2 Å². The maximum Gasteiger partial charge on any atom is 0.164 e. The van der Waals surface area contributed by atoms with E-state index in [1.165, 1.54) is 12.3 Å². The van der Waals surface area contributed by atoms with Crippen LogP contribution in [0.15, 0.2) is 12.3 Å². The van der Waals surface area contributed by atoms with Gasteiger partial charge in [-0.05, 0) is 13.0 Å². The number of pyridine rings is 1. The summed E-state index contributed by atoms with van der Waals surface area (Å²) in [6, 6.07) is 0.969. The van der Waals surface area contributed by atoms with Crippen molar-refractivity contribution in [1.82, 2.24) is 4.98 Å². The quantitative estimate of drug-likeness (QED) is 0.706. The number of aromatic nitrogens is 1. The molecule has 2 N–H and O–H groups in total. The fourth-order valence-corrected chi connectivity index (χ4v) is 0.906.